The highest BCUT2D eigenvalue weighted by atomic mass is 19.1. The van der Waals surface area contributed by atoms with Crippen LogP contribution in [0, 0.1) is 5.82 Å². The summed E-state index contributed by atoms with van der Waals surface area (Å²) in [5, 5.41) is 14.3. The molecule has 7 heteroatoms. The van der Waals surface area contributed by atoms with E-state index in [0.717, 1.165) is 10.2 Å². The van der Waals surface area contributed by atoms with Crippen LogP contribution in [0.3, 0.4) is 0 Å². The molecule has 0 aliphatic heterocycles. The number of ether oxygens (including phenoxy) is 1. The lowest BCUT2D eigenvalue weighted by atomic mass is 10.0. The SMILES string of the molecule is CC(C)c1ccccc1OC[C@@H](O)Cn1nc(-c2ccc(F)cc2)oc1=O. The minimum Gasteiger partial charge on any atom is -0.491 e. The molecule has 2 aromatic carbocycles. The highest BCUT2D eigenvalue weighted by Gasteiger charge is 2.15. The van der Waals surface area contributed by atoms with E-state index in [-0.39, 0.29) is 25.0 Å². The van der Waals surface area contributed by atoms with Crippen molar-refractivity contribution in [2.45, 2.75) is 32.4 Å². The Morgan fingerprint density at radius 2 is 1.89 bits per heavy atom. The first kappa shape index (κ1) is 18.8. The van der Waals surface area contributed by atoms with Crippen LogP contribution in [0.2, 0.25) is 0 Å². The molecule has 0 saturated carbocycles. The average molecular weight is 372 g/mol. The van der Waals surface area contributed by atoms with Gasteiger partial charge in [0.15, 0.2) is 0 Å². The maximum Gasteiger partial charge on any atom is 0.437 e. The Bertz CT molecular complexity index is 947. The Labute approximate surface area is 155 Å². The first-order valence-corrected chi connectivity index (χ1v) is 8.67. The zero-order valence-electron chi connectivity index (χ0n) is 15.1. The first-order valence-electron chi connectivity index (χ1n) is 8.67. The van der Waals surface area contributed by atoms with Gasteiger partial charge >= 0.3 is 5.76 Å². The Balaban J connectivity index is 1.66. The zero-order valence-corrected chi connectivity index (χ0v) is 15.1. The topological polar surface area (TPSA) is 77.5 Å². The number of nitrogens with zero attached hydrogens (tertiary/aromatic N) is 2. The van der Waals surface area contributed by atoms with Crippen molar-refractivity contribution in [1.29, 1.82) is 0 Å². The van der Waals surface area contributed by atoms with Crippen LogP contribution in [0.1, 0.15) is 25.3 Å². The van der Waals surface area contributed by atoms with E-state index >= 15 is 0 Å². The van der Waals surface area contributed by atoms with Crippen molar-refractivity contribution in [2.75, 3.05) is 6.61 Å². The fraction of sp³-hybridized carbons (Fsp3) is 0.300. The smallest absolute Gasteiger partial charge is 0.437 e. The molecule has 27 heavy (non-hydrogen) atoms. The lowest BCUT2D eigenvalue weighted by molar-refractivity contribution is 0.0869. The van der Waals surface area contributed by atoms with Gasteiger partial charge in [-0.3, -0.25) is 0 Å². The van der Waals surface area contributed by atoms with Gasteiger partial charge in [-0.25, -0.2) is 9.18 Å². The largest absolute Gasteiger partial charge is 0.491 e. The summed E-state index contributed by atoms with van der Waals surface area (Å²) in [7, 11) is 0. The second kappa shape index (κ2) is 8.18. The number of benzene rings is 2. The summed E-state index contributed by atoms with van der Waals surface area (Å²) in [5.41, 5.74) is 1.52. The van der Waals surface area contributed by atoms with Gasteiger partial charge in [0.05, 0.1) is 6.54 Å². The van der Waals surface area contributed by atoms with Crippen molar-refractivity contribution < 1.29 is 18.7 Å². The molecule has 0 aliphatic rings. The Morgan fingerprint density at radius 1 is 1.19 bits per heavy atom. The molecule has 0 aliphatic carbocycles. The van der Waals surface area contributed by atoms with E-state index in [2.05, 4.69) is 18.9 Å². The summed E-state index contributed by atoms with van der Waals surface area (Å²) in [4.78, 5) is 11.9. The third kappa shape index (κ3) is 4.62. The van der Waals surface area contributed by atoms with Crippen LogP contribution in [0.5, 0.6) is 5.75 Å². The maximum absolute atomic E-state index is 13.0. The molecule has 1 atom stereocenters. The summed E-state index contributed by atoms with van der Waals surface area (Å²) in [6.07, 6.45) is -0.950. The van der Waals surface area contributed by atoms with Crippen LogP contribution in [0.4, 0.5) is 4.39 Å². The predicted octanol–water partition coefficient (Wildman–Crippen LogP) is 3.21. The maximum atomic E-state index is 13.0. The second-order valence-electron chi connectivity index (χ2n) is 6.52. The molecule has 0 unspecified atom stereocenters. The van der Waals surface area contributed by atoms with Gasteiger partial charge < -0.3 is 14.3 Å². The highest BCUT2D eigenvalue weighted by Crippen LogP contribution is 2.26. The van der Waals surface area contributed by atoms with Crippen molar-refractivity contribution in [2.24, 2.45) is 0 Å². The molecule has 0 radical (unpaired) electrons. The van der Waals surface area contributed by atoms with Crippen molar-refractivity contribution >= 4 is 0 Å². The Hall–Kier alpha value is -2.93. The summed E-state index contributed by atoms with van der Waals surface area (Å²) in [6.45, 7) is 4.05. The fourth-order valence-electron chi connectivity index (χ4n) is 2.66. The van der Waals surface area contributed by atoms with Gasteiger partial charge in [0, 0.05) is 5.56 Å². The monoisotopic (exact) mass is 372 g/mol. The van der Waals surface area contributed by atoms with Crippen LogP contribution in [-0.2, 0) is 6.54 Å². The molecule has 0 bridgehead atoms. The molecule has 6 nitrogen and oxygen atoms in total. The van der Waals surface area contributed by atoms with Gasteiger partial charge in [-0.1, -0.05) is 32.0 Å². The number of hydrogen-bond donors (Lipinski definition) is 1. The van der Waals surface area contributed by atoms with E-state index in [1.54, 1.807) is 0 Å². The molecule has 142 valence electrons. The van der Waals surface area contributed by atoms with E-state index in [0.29, 0.717) is 11.3 Å². The van der Waals surface area contributed by atoms with E-state index in [9.17, 15) is 14.3 Å². The number of para-hydroxylation sites is 1. The first-order chi connectivity index (χ1) is 12.9. The van der Waals surface area contributed by atoms with E-state index in [4.69, 9.17) is 9.15 Å². The molecule has 0 amide bonds. The molecular weight excluding hydrogens is 351 g/mol. The molecular formula is C20H21FN2O4. The van der Waals surface area contributed by atoms with Crippen molar-refractivity contribution in [3.8, 4) is 17.2 Å². The van der Waals surface area contributed by atoms with Crippen LogP contribution >= 0.6 is 0 Å². The molecule has 0 spiro atoms. The van der Waals surface area contributed by atoms with Crippen molar-refractivity contribution in [3.05, 3.63) is 70.5 Å². The van der Waals surface area contributed by atoms with Gasteiger partial charge in [-0.05, 0) is 41.8 Å². The molecule has 3 rings (SSSR count). The summed E-state index contributed by atoms with van der Waals surface area (Å²) in [5.74, 6) is -0.0372. The molecule has 1 heterocycles. The van der Waals surface area contributed by atoms with Gasteiger partial charge in [0.1, 0.15) is 24.3 Å². The van der Waals surface area contributed by atoms with E-state index in [1.165, 1.54) is 24.3 Å². The average Bonchev–Trinajstić information content (AvgIpc) is 3.01. The van der Waals surface area contributed by atoms with E-state index < -0.39 is 17.7 Å². The van der Waals surface area contributed by atoms with Crippen LogP contribution in [0.15, 0.2) is 57.7 Å². The van der Waals surface area contributed by atoms with E-state index in [1.807, 2.05) is 24.3 Å². The lowest BCUT2D eigenvalue weighted by Crippen LogP contribution is -2.29. The quantitative estimate of drug-likeness (QED) is 0.689. The Morgan fingerprint density at radius 3 is 2.59 bits per heavy atom. The standard InChI is InChI=1S/C20H21FN2O4/c1-13(2)17-5-3-4-6-18(17)26-12-16(24)11-23-20(25)27-19(22-23)14-7-9-15(21)10-8-14/h3-10,13,16,24H,11-12H2,1-2H3/t16-/m0/s1. The summed E-state index contributed by atoms with van der Waals surface area (Å²) < 4.78 is 24.8. The predicted molar refractivity (Wildman–Crippen MR) is 98.2 cm³/mol. The lowest BCUT2D eigenvalue weighted by Gasteiger charge is -2.16. The summed E-state index contributed by atoms with van der Waals surface area (Å²) >= 11 is 0. The minimum absolute atomic E-state index is 0.00884. The number of halogens is 1. The van der Waals surface area contributed by atoms with Crippen LogP contribution in [-0.4, -0.2) is 27.6 Å². The second-order valence-corrected chi connectivity index (χ2v) is 6.52. The molecule has 3 aromatic rings. The zero-order chi connectivity index (χ0) is 19.4. The van der Waals surface area contributed by atoms with Gasteiger partial charge in [-0.2, -0.15) is 4.68 Å². The van der Waals surface area contributed by atoms with Crippen LogP contribution in [0.25, 0.3) is 11.5 Å². The third-order valence-electron chi connectivity index (χ3n) is 4.05. The number of hydrogen-bond acceptors (Lipinski definition) is 5. The molecule has 0 saturated heterocycles. The fourth-order valence-corrected chi connectivity index (χ4v) is 2.66. The van der Waals surface area contributed by atoms with Gasteiger partial charge in [0.25, 0.3) is 0 Å². The number of aliphatic hydroxyl groups excluding tert-OH is 1. The van der Waals surface area contributed by atoms with Crippen molar-refractivity contribution in [1.82, 2.24) is 9.78 Å². The van der Waals surface area contributed by atoms with Crippen molar-refractivity contribution in [3.63, 3.8) is 0 Å². The Kier molecular flexibility index (Phi) is 5.71. The molecule has 1 aromatic heterocycles. The number of aliphatic hydroxyl groups is 1. The normalized spacial score (nSPS) is 12.3. The number of aromatic nitrogens is 2. The third-order valence-corrected chi connectivity index (χ3v) is 4.05. The van der Waals surface area contributed by atoms with Gasteiger partial charge in [0.2, 0.25) is 5.89 Å². The molecule has 0 fully saturated rings. The highest BCUT2D eigenvalue weighted by molar-refractivity contribution is 5.51. The number of rotatable bonds is 7. The van der Waals surface area contributed by atoms with Crippen LogP contribution < -0.4 is 10.5 Å². The minimum atomic E-state index is -0.950. The van der Waals surface area contributed by atoms with Gasteiger partial charge in [-0.15, -0.1) is 5.10 Å². The summed E-state index contributed by atoms with van der Waals surface area (Å²) in [6, 6.07) is 13.1. The molecule has 1 N–H and O–H groups in total.